The lowest BCUT2D eigenvalue weighted by molar-refractivity contribution is -0.117. The zero-order valence-corrected chi connectivity index (χ0v) is 11.5. The Kier molecular flexibility index (Phi) is 4.31. The van der Waals surface area contributed by atoms with Gasteiger partial charge in [0.15, 0.2) is 0 Å². The van der Waals surface area contributed by atoms with Crippen molar-refractivity contribution >= 4 is 29.3 Å². The molecule has 1 unspecified atom stereocenters. The van der Waals surface area contributed by atoms with E-state index in [1.807, 2.05) is 0 Å². The van der Waals surface area contributed by atoms with Crippen molar-refractivity contribution in [2.45, 2.75) is 29.5 Å². The Labute approximate surface area is 114 Å². The van der Waals surface area contributed by atoms with Gasteiger partial charge in [0.1, 0.15) is 0 Å². The van der Waals surface area contributed by atoms with Crippen LogP contribution in [0.4, 0.5) is 5.69 Å². The second-order valence-corrected chi connectivity index (χ2v) is 6.30. The summed E-state index contributed by atoms with van der Waals surface area (Å²) in [6.07, 6.45) is 3.30. The van der Waals surface area contributed by atoms with E-state index in [1.165, 1.54) is 4.90 Å². The fraction of sp³-hybridized carbons (Fsp3) is 0.385. The number of rotatable bonds is 7. The first-order valence-electron chi connectivity index (χ1n) is 6.05. The Balaban J connectivity index is 2.31. The zero-order chi connectivity index (χ0) is 13.8. The normalized spacial score (nSPS) is 15.6. The van der Waals surface area contributed by atoms with E-state index in [2.05, 4.69) is 5.32 Å². The molecule has 2 amide bonds. The maximum Gasteiger partial charge on any atom is 0.211 e. The highest BCUT2D eigenvalue weighted by Gasteiger charge is 2.30. The predicted molar refractivity (Wildman–Crippen MR) is 73.1 cm³/mol. The molecule has 1 atom stereocenters. The first-order chi connectivity index (χ1) is 9.15. The van der Waals surface area contributed by atoms with Gasteiger partial charge in [0.25, 0.3) is 0 Å². The third kappa shape index (κ3) is 3.41. The molecule has 0 radical (unpaired) electrons. The van der Waals surface area contributed by atoms with Crippen molar-refractivity contribution in [3.05, 3.63) is 23.8 Å². The van der Waals surface area contributed by atoms with Crippen molar-refractivity contribution < 1.29 is 13.8 Å². The molecule has 0 heterocycles. The Bertz CT molecular complexity index is 515. The molecule has 19 heavy (non-hydrogen) atoms. The van der Waals surface area contributed by atoms with Crippen molar-refractivity contribution in [2.24, 2.45) is 0 Å². The van der Waals surface area contributed by atoms with Gasteiger partial charge in [0, 0.05) is 29.4 Å². The summed E-state index contributed by atoms with van der Waals surface area (Å²) in [4.78, 5) is 23.4. The van der Waals surface area contributed by atoms with Crippen LogP contribution in [0.5, 0.6) is 0 Å². The van der Waals surface area contributed by atoms with Crippen LogP contribution >= 0.6 is 0 Å². The molecule has 6 heteroatoms. The summed E-state index contributed by atoms with van der Waals surface area (Å²) in [6, 6.07) is 5.27. The molecule has 1 N–H and O–H groups in total. The minimum Gasteiger partial charge on any atom is -0.344 e. The molecule has 0 aromatic heterocycles. The summed E-state index contributed by atoms with van der Waals surface area (Å²) in [7, 11) is 0.638. The van der Waals surface area contributed by atoms with Crippen LogP contribution in [0, 0.1) is 0 Å². The van der Waals surface area contributed by atoms with Crippen LogP contribution in [0.25, 0.3) is 0 Å². The van der Waals surface area contributed by atoms with Crippen LogP contribution in [0.1, 0.15) is 18.4 Å². The van der Waals surface area contributed by atoms with Crippen LogP contribution in [0.15, 0.2) is 23.1 Å². The third-order valence-electron chi connectivity index (χ3n) is 2.93. The molecule has 2 rings (SSSR count). The van der Waals surface area contributed by atoms with Gasteiger partial charge in [0.05, 0.1) is 10.8 Å². The lowest BCUT2D eigenvalue weighted by Gasteiger charge is -2.15. The second-order valence-electron chi connectivity index (χ2n) is 4.60. The smallest absolute Gasteiger partial charge is 0.211 e. The van der Waals surface area contributed by atoms with Crippen LogP contribution in [-0.2, 0) is 26.9 Å². The summed E-state index contributed by atoms with van der Waals surface area (Å²) < 4.78 is 12.3. The average Bonchev–Trinajstić information content (AvgIpc) is 3.23. The number of hydrogen-bond donors (Lipinski definition) is 1. The van der Waals surface area contributed by atoms with Gasteiger partial charge in [-0.25, -0.2) is 0 Å². The number of carbonyl (C=O) groups excluding carboxylic acids is 2. The minimum absolute atomic E-state index is 0.241. The van der Waals surface area contributed by atoms with E-state index in [9.17, 15) is 13.8 Å². The SMILES string of the molecule is CN(C=O)Cc1cc(NC=O)ccc1S(=O)C1CC1. The molecule has 0 saturated heterocycles. The fourth-order valence-electron chi connectivity index (χ4n) is 1.82. The Hall–Kier alpha value is -1.69. The summed E-state index contributed by atoms with van der Waals surface area (Å²) in [6.45, 7) is 0.381. The van der Waals surface area contributed by atoms with E-state index in [1.54, 1.807) is 25.2 Å². The molecule has 1 aromatic carbocycles. The number of anilines is 1. The number of hydrogen-bond acceptors (Lipinski definition) is 3. The number of nitrogens with one attached hydrogen (secondary N) is 1. The molecular weight excluding hydrogens is 264 g/mol. The van der Waals surface area contributed by atoms with Gasteiger partial charge in [-0.05, 0) is 36.6 Å². The monoisotopic (exact) mass is 280 g/mol. The molecule has 1 aliphatic rings. The molecule has 102 valence electrons. The van der Waals surface area contributed by atoms with Crippen molar-refractivity contribution in [3.8, 4) is 0 Å². The van der Waals surface area contributed by atoms with Crippen molar-refractivity contribution in [1.82, 2.24) is 4.90 Å². The highest BCUT2D eigenvalue weighted by Crippen LogP contribution is 2.32. The number of nitrogens with zero attached hydrogens (tertiary/aromatic N) is 1. The molecule has 1 fully saturated rings. The Morgan fingerprint density at radius 3 is 2.74 bits per heavy atom. The van der Waals surface area contributed by atoms with Crippen molar-refractivity contribution in [3.63, 3.8) is 0 Å². The van der Waals surface area contributed by atoms with Gasteiger partial charge in [0.2, 0.25) is 12.8 Å². The van der Waals surface area contributed by atoms with E-state index in [-0.39, 0.29) is 5.25 Å². The first-order valence-corrected chi connectivity index (χ1v) is 7.26. The van der Waals surface area contributed by atoms with E-state index < -0.39 is 10.8 Å². The second kappa shape index (κ2) is 5.97. The maximum absolute atomic E-state index is 12.3. The highest BCUT2D eigenvalue weighted by molar-refractivity contribution is 7.86. The summed E-state index contributed by atoms with van der Waals surface area (Å²) in [5.41, 5.74) is 1.45. The van der Waals surface area contributed by atoms with Crippen molar-refractivity contribution in [2.75, 3.05) is 12.4 Å². The number of amides is 2. The average molecular weight is 280 g/mol. The van der Waals surface area contributed by atoms with E-state index >= 15 is 0 Å². The molecule has 0 aliphatic heterocycles. The summed E-state index contributed by atoms with van der Waals surface area (Å²) >= 11 is 0. The quantitative estimate of drug-likeness (QED) is 0.761. The van der Waals surface area contributed by atoms with Gasteiger partial charge in [-0.15, -0.1) is 0 Å². The fourth-order valence-corrected chi connectivity index (χ4v) is 3.33. The maximum atomic E-state index is 12.3. The van der Waals surface area contributed by atoms with Crippen LogP contribution in [0.2, 0.25) is 0 Å². The van der Waals surface area contributed by atoms with Gasteiger partial charge < -0.3 is 10.2 Å². The molecule has 0 spiro atoms. The molecule has 1 aromatic rings. The number of carbonyl (C=O) groups is 2. The molecule has 5 nitrogen and oxygen atoms in total. The van der Waals surface area contributed by atoms with Crippen LogP contribution in [-0.4, -0.2) is 34.2 Å². The zero-order valence-electron chi connectivity index (χ0n) is 10.7. The minimum atomic E-state index is -1.02. The largest absolute Gasteiger partial charge is 0.344 e. The van der Waals surface area contributed by atoms with Gasteiger partial charge in [-0.2, -0.15) is 0 Å². The van der Waals surface area contributed by atoms with Crippen LogP contribution < -0.4 is 5.32 Å². The van der Waals surface area contributed by atoms with E-state index in [0.29, 0.717) is 18.6 Å². The Morgan fingerprint density at radius 2 is 2.16 bits per heavy atom. The van der Waals surface area contributed by atoms with E-state index in [0.717, 1.165) is 29.7 Å². The molecule has 1 saturated carbocycles. The van der Waals surface area contributed by atoms with Gasteiger partial charge >= 0.3 is 0 Å². The van der Waals surface area contributed by atoms with Crippen molar-refractivity contribution in [1.29, 1.82) is 0 Å². The topological polar surface area (TPSA) is 66.5 Å². The third-order valence-corrected chi connectivity index (χ3v) is 4.84. The number of benzene rings is 1. The first kappa shape index (κ1) is 13.7. The summed E-state index contributed by atoms with van der Waals surface area (Å²) in [5, 5.41) is 2.80. The molecule has 1 aliphatic carbocycles. The molecule has 0 bridgehead atoms. The Morgan fingerprint density at radius 1 is 1.42 bits per heavy atom. The standard InChI is InChI=1S/C13H16N2O3S/c1-15(9-17)7-10-6-11(14-8-16)2-5-13(10)19(18)12-3-4-12/h2,5-6,8-9,12H,3-4,7H2,1H3,(H,14,16). The lowest BCUT2D eigenvalue weighted by Crippen LogP contribution is -2.17. The van der Waals surface area contributed by atoms with Crippen LogP contribution in [0.3, 0.4) is 0 Å². The van der Waals surface area contributed by atoms with Gasteiger partial charge in [-0.1, -0.05) is 0 Å². The van der Waals surface area contributed by atoms with Gasteiger partial charge in [-0.3, -0.25) is 13.8 Å². The molecular formula is C13H16N2O3S. The summed E-state index contributed by atoms with van der Waals surface area (Å²) in [5.74, 6) is 0. The highest BCUT2D eigenvalue weighted by atomic mass is 32.2. The lowest BCUT2D eigenvalue weighted by atomic mass is 10.2. The van der Waals surface area contributed by atoms with E-state index in [4.69, 9.17) is 0 Å². The predicted octanol–water partition coefficient (Wildman–Crippen LogP) is 1.11.